The van der Waals surface area contributed by atoms with Gasteiger partial charge in [-0.1, -0.05) is 23.7 Å². The summed E-state index contributed by atoms with van der Waals surface area (Å²) in [5.41, 5.74) is 7.62. The maximum atomic E-state index is 13.0. The summed E-state index contributed by atoms with van der Waals surface area (Å²) in [7, 11) is 1.45. The van der Waals surface area contributed by atoms with Gasteiger partial charge in [-0.2, -0.15) is 13.2 Å². The quantitative estimate of drug-likeness (QED) is 0.552. The molecule has 9 heteroatoms. The van der Waals surface area contributed by atoms with Gasteiger partial charge in [-0.15, -0.1) is 0 Å². The van der Waals surface area contributed by atoms with E-state index in [1.165, 1.54) is 18.0 Å². The first-order valence-corrected chi connectivity index (χ1v) is 9.10. The van der Waals surface area contributed by atoms with Gasteiger partial charge in [0.25, 0.3) is 0 Å². The highest BCUT2D eigenvalue weighted by atomic mass is 35.5. The molecule has 5 nitrogen and oxygen atoms in total. The third kappa shape index (κ3) is 4.65. The summed E-state index contributed by atoms with van der Waals surface area (Å²) in [6.45, 7) is 1.84. The second-order valence-electron chi connectivity index (χ2n) is 6.48. The lowest BCUT2D eigenvalue weighted by atomic mass is 10.0. The Hall–Kier alpha value is -3.26. The topological polar surface area (TPSA) is 68.5 Å². The van der Waals surface area contributed by atoms with Gasteiger partial charge in [0.1, 0.15) is 11.6 Å². The Kier molecular flexibility index (Phi) is 5.89. The van der Waals surface area contributed by atoms with Crippen molar-refractivity contribution in [2.45, 2.75) is 13.1 Å². The lowest BCUT2D eigenvalue weighted by Crippen LogP contribution is -2.29. The summed E-state index contributed by atoms with van der Waals surface area (Å²) in [5, 5.41) is -0.473. The molecule has 0 saturated carbocycles. The lowest BCUT2D eigenvalue weighted by molar-refractivity contribution is -0.137. The van der Waals surface area contributed by atoms with Gasteiger partial charge in [-0.05, 0) is 55.0 Å². The lowest BCUT2D eigenvalue weighted by Gasteiger charge is -2.18. The zero-order valence-electron chi connectivity index (χ0n) is 16.0. The van der Waals surface area contributed by atoms with Crippen molar-refractivity contribution < 1.29 is 22.7 Å². The number of benzene rings is 2. The maximum Gasteiger partial charge on any atom is 0.419 e. The highest BCUT2D eigenvalue weighted by Gasteiger charge is 2.33. The molecule has 0 bridgehead atoms. The summed E-state index contributed by atoms with van der Waals surface area (Å²) < 4.78 is 44.0. The first kappa shape index (κ1) is 21.4. The van der Waals surface area contributed by atoms with Gasteiger partial charge in [0.2, 0.25) is 0 Å². The number of anilines is 2. The molecule has 0 aliphatic rings. The number of rotatable bonds is 3. The van der Waals surface area contributed by atoms with Crippen LogP contribution in [-0.2, 0) is 6.18 Å². The molecule has 2 aromatic carbocycles. The smallest absolute Gasteiger partial charge is 0.410 e. The molecule has 156 valence electrons. The molecule has 1 amide bonds. The van der Waals surface area contributed by atoms with E-state index in [2.05, 4.69) is 4.98 Å². The molecule has 0 aliphatic carbocycles. The third-order valence-corrected chi connectivity index (χ3v) is 4.72. The van der Waals surface area contributed by atoms with Crippen LogP contribution in [0.2, 0.25) is 5.02 Å². The summed E-state index contributed by atoms with van der Waals surface area (Å²) in [5.74, 6) is 0.162. The van der Waals surface area contributed by atoms with Crippen molar-refractivity contribution in [3.05, 3.63) is 70.9 Å². The number of nitrogen functional groups attached to an aromatic ring is 1. The minimum absolute atomic E-state index is 0.260. The Balaban J connectivity index is 1.77. The highest BCUT2D eigenvalue weighted by molar-refractivity contribution is 6.31. The molecule has 3 rings (SSSR count). The molecular weight excluding hydrogens is 419 g/mol. The Morgan fingerprint density at radius 2 is 1.77 bits per heavy atom. The molecule has 1 aromatic heterocycles. The number of carbonyl (C=O) groups excluding carboxylic acids is 1. The molecule has 0 fully saturated rings. The van der Waals surface area contributed by atoms with Crippen LogP contribution in [0.5, 0.6) is 5.75 Å². The van der Waals surface area contributed by atoms with Crippen molar-refractivity contribution >= 4 is 29.2 Å². The largest absolute Gasteiger partial charge is 0.419 e. The van der Waals surface area contributed by atoms with Crippen LogP contribution in [0.1, 0.15) is 11.3 Å². The van der Waals surface area contributed by atoms with Gasteiger partial charge >= 0.3 is 12.3 Å². The van der Waals surface area contributed by atoms with Crippen molar-refractivity contribution in [1.29, 1.82) is 0 Å². The first-order chi connectivity index (χ1) is 14.1. The number of hydrogen-bond acceptors (Lipinski definition) is 4. The number of alkyl halides is 3. The van der Waals surface area contributed by atoms with E-state index in [9.17, 15) is 18.0 Å². The fraction of sp³-hybridized carbons (Fsp3) is 0.143. The minimum Gasteiger partial charge on any atom is -0.410 e. The van der Waals surface area contributed by atoms with Crippen LogP contribution in [-0.4, -0.2) is 18.1 Å². The van der Waals surface area contributed by atoms with Gasteiger partial charge in [0, 0.05) is 24.0 Å². The van der Waals surface area contributed by atoms with Crippen molar-refractivity contribution in [2.75, 3.05) is 17.7 Å². The number of halogens is 4. The first-order valence-electron chi connectivity index (χ1n) is 8.72. The molecule has 0 atom stereocenters. The van der Waals surface area contributed by atoms with E-state index in [4.69, 9.17) is 22.1 Å². The number of carbonyl (C=O) groups is 1. The van der Waals surface area contributed by atoms with E-state index in [-0.39, 0.29) is 5.75 Å². The fourth-order valence-electron chi connectivity index (χ4n) is 2.81. The molecule has 3 aromatic rings. The number of pyridine rings is 1. The zero-order chi connectivity index (χ0) is 22.1. The number of nitrogens with zero attached hydrogens (tertiary/aromatic N) is 2. The summed E-state index contributed by atoms with van der Waals surface area (Å²) in [6, 6.07) is 13.4. The van der Waals surface area contributed by atoms with Gasteiger partial charge in [-0.25, -0.2) is 9.78 Å². The van der Waals surface area contributed by atoms with Crippen LogP contribution in [0, 0.1) is 6.92 Å². The van der Waals surface area contributed by atoms with E-state index >= 15 is 0 Å². The number of aryl methyl sites for hydroxylation is 1. The molecule has 1 heterocycles. The van der Waals surface area contributed by atoms with Crippen molar-refractivity contribution in [3.63, 3.8) is 0 Å². The summed E-state index contributed by atoms with van der Waals surface area (Å²) in [4.78, 5) is 17.8. The van der Waals surface area contributed by atoms with Crippen LogP contribution in [0.25, 0.3) is 11.1 Å². The maximum absolute atomic E-state index is 13.0. The average Bonchev–Trinajstić information content (AvgIpc) is 2.68. The van der Waals surface area contributed by atoms with E-state index in [1.54, 1.807) is 30.3 Å². The molecule has 30 heavy (non-hydrogen) atoms. The number of nitrogens with two attached hydrogens (primary N) is 1. The monoisotopic (exact) mass is 435 g/mol. The third-order valence-electron chi connectivity index (χ3n) is 4.40. The number of ether oxygens (including phenoxy) is 1. The second-order valence-corrected chi connectivity index (χ2v) is 6.89. The SMILES string of the molecule is Cc1nc(N)ccc1-c1ccc(N(C)C(=O)Oc2ccc(Cl)c(C(F)(F)F)c2)cc1. The van der Waals surface area contributed by atoms with Crippen LogP contribution in [0.3, 0.4) is 0 Å². The Morgan fingerprint density at radius 3 is 2.37 bits per heavy atom. The highest BCUT2D eigenvalue weighted by Crippen LogP contribution is 2.37. The van der Waals surface area contributed by atoms with Gasteiger partial charge in [0.15, 0.2) is 0 Å². The van der Waals surface area contributed by atoms with Crippen molar-refractivity contribution in [1.82, 2.24) is 4.98 Å². The molecule has 0 saturated heterocycles. The Morgan fingerprint density at radius 1 is 1.10 bits per heavy atom. The number of hydrogen-bond donors (Lipinski definition) is 1. The molecular formula is C21H17ClF3N3O2. The molecule has 0 radical (unpaired) electrons. The zero-order valence-corrected chi connectivity index (χ0v) is 16.8. The normalized spacial score (nSPS) is 11.3. The Labute approximate surface area is 175 Å². The molecule has 0 aliphatic heterocycles. The van der Waals surface area contributed by atoms with Crippen LogP contribution < -0.4 is 15.4 Å². The number of amides is 1. The molecule has 0 spiro atoms. The standard InChI is InChI=1S/C21H17ClF3N3O2/c1-12-16(8-10-19(26)27-12)13-3-5-14(6-4-13)28(2)20(29)30-15-7-9-18(22)17(11-15)21(23,24)25/h3-11H,1-2H3,(H2,26,27). The van der Waals surface area contributed by atoms with E-state index < -0.39 is 22.9 Å². The van der Waals surface area contributed by atoms with E-state index in [1.807, 2.05) is 13.0 Å². The fourth-order valence-corrected chi connectivity index (χ4v) is 3.03. The molecule has 0 unspecified atom stereocenters. The average molecular weight is 436 g/mol. The van der Waals surface area contributed by atoms with Gasteiger partial charge in [0.05, 0.1) is 10.6 Å². The van der Waals surface area contributed by atoms with Gasteiger partial charge in [-0.3, -0.25) is 4.90 Å². The second kappa shape index (κ2) is 8.23. The number of aromatic nitrogens is 1. The minimum atomic E-state index is -4.66. The summed E-state index contributed by atoms with van der Waals surface area (Å²) >= 11 is 5.58. The predicted molar refractivity (Wildman–Crippen MR) is 110 cm³/mol. The Bertz CT molecular complexity index is 1090. The molecule has 2 N–H and O–H groups in total. The van der Waals surface area contributed by atoms with Crippen LogP contribution in [0.15, 0.2) is 54.6 Å². The van der Waals surface area contributed by atoms with E-state index in [0.29, 0.717) is 17.6 Å². The van der Waals surface area contributed by atoms with Crippen molar-refractivity contribution in [3.8, 4) is 16.9 Å². The van der Waals surface area contributed by atoms with Crippen molar-refractivity contribution in [2.24, 2.45) is 0 Å². The predicted octanol–water partition coefficient (Wildman–Crippen LogP) is 5.95. The van der Waals surface area contributed by atoms with Crippen LogP contribution in [0.4, 0.5) is 29.5 Å². The van der Waals surface area contributed by atoms with E-state index in [0.717, 1.165) is 22.9 Å². The van der Waals surface area contributed by atoms with Crippen LogP contribution >= 0.6 is 11.6 Å². The van der Waals surface area contributed by atoms with Gasteiger partial charge < -0.3 is 10.5 Å². The summed E-state index contributed by atoms with van der Waals surface area (Å²) in [6.07, 6.45) is -5.50.